The largest absolute Gasteiger partial charge is 0.390 e. The van der Waals surface area contributed by atoms with E-state index in [0.717, 1.165) is 19.5 Å². The number of hydrogen-bond donors (Lipinski definition) is 1. The minimum atomic E-state index is -4.18. The number of halogens is 3. The van der Waals surface area contributed by atoms with E-state index in [1.54, 1.807) is 0 Å². The zero-order valence-corrected chi connectivity index (χ0v) is 9.72. The van der Waals surface area contributed by atoms with E-state index in [0.29, 0.717) is 12.2 Å². The second-order valence-corrected chi connectivity index (χ2v) is 5.01. The third-order valence-corrected chi connectivity index (χ3v) is 3.17. The third-order valence-electron chi connectivity index (χ3n) is 1.77. The molecular formula is C9H18F3NOS. The second-order valence-electron chi connectivity index (χ2n) is 3.32. The van der Waals surface area contributed by atoms with Crippen LogP contribution in [0.3, 0.4) is 0 Å². The lowest BCUT2D eigenvalue weighted by Gasteiger charge is -2.06. The molecule has 0 heterocycles. The molecule has 0 rings (SSSR count). The second kappa shape index (κ2) is 8.10. The van der Waals surface area contributed by atoms with Gasteiger partial charge >= 0.3 is 6.18 Å². The van der Waals surface area contributed by atoms with E-state index in [-0.39, 0.29) is 5.75 Å². The van der Waals surface area contributed by atoms with Crippen molar-refractivity contribution in [2.45, 2.75) is 32.4 Å². The maximum Gasteiger partial charge on any atom is 0.390 e. The average Bonchev–Trinajstić information content (AvgIpc) is 2.13. The average molecular weight is 245 g/mol. The first kappa shape index (κ1) is 14.9. The molecule has 0 spiro atoms. The summed E-state index contributed by atoms with van der Waals surface area (Å²) in [6, 6.07) is 0. The van der Waals surface area contributed by atoms with Gasteiger partial charge in [-0.3, -0.25) is 4.21 Å². The van der Waals surface area contributed by atoms with Crippen molar-refractivity contribution in [2.75, 3.05) is 24.6 Å². The molecule has 0 aliphatic rings. The van der Waals surface area contributed by atoms with Gasteiger partial charge in [-0.05, 0) is 25.9 Å². The number of alkyl halides is 3. The van der Waals surface area contributed by atoms with Gasteiger partial charge in [0.05, 0.1) is 6.42 Å². The van der Waals surface area contributed by atoms with Crippen LogP contribution < -0.4 is 5.32 Å². The van der Waals surface area contributed by atoms with Crippen molar-refractivity contribution in [3.63, 3.8) is 0 Å². The van der Waals surface area contributed by atoms with E-state index in [1.165, 1.54) is 0 Å². The van der Waals surface area contributed by atoms with Gasteiger partial charge in [-0.1, -0.05) is 6.92 Å². The van der Waals surface area contributed by atoms with Crippen molar-refractivity contribution in [1.29, 1.82) is 0 Å². The molecule has 1 atom stereocenters. The van der Waals surface area contributed by atoms with Crippen LogP contribution in [0, 0.1) is 0 Å². The van der Waals surface area contributed by atoms with Crippen LogP contribution in [-0.2, 0) is 10.8 Å². The monoisotopic (exact) mass is 245 g/mol. The van der Waals surface area contributed by atoms with E-state index in [9.17, 15) is 17.4 Å². The first-order valence-electron chi connectivity index (χ1n) is 5.08. The highest BCUT2D eigenvalue weighted by atomic mass is 32.2. The van der Waals surface area contributed by atoms with Crippen LogP contribution in [0.5, 0.6) is 0 Å². The van der Waals surface area contributed by atoms with E-state index in [2.05, 4.69) is 5.32 Å². The van der Waals surface area contributed by atoms with Crippen molar-refractivity contribution in [3.05, 3.63) is 0 Å². The van der Waals surface area contributed by atoms with Crippen LogP contribution in [0.1, 0.15) is 26.2 Å². The van der Waals surface area contributed by atoms with Gasteiger partial charge in [0.15, 0.2) is 0 Å². The van der Waals surface area contributed by atoms with Crippen molar-refractivity contribution < 1.29 is 17.4 Å². The zero-order chi connectivity index (χ0) is 11.7. The predicted octanol–water partition coefficient (Wildman–Crippen LogP) is 2.08. The summed E-state index contributed by atoms with van der Waals surface area (Å²) < 4.78 is 46.4. The Kier molecular flexibility index (Phi) is 8.04. The molecule has 1 unspecified atom stereocenters. The Morgan fingerprint density at radius 3 is 2.40 bits per heavy atom. The minimum Gasteiger partial charge on any atom is -0.317 e. The predicted molar refractivity (Wildman–Crippen MR) is 56.3 cm³/mol. The van der Waals surface area contributed by atoms with Crippen LogP contribution in [0.25, 0.3) is 0 Å². The van der Waals surface area contributed by atoms with E-state index >= 15 is 0 Å². The Morgan fingerprint density at radius 1 is 1.20 bits per heavy atom. The molecule has 0 radical (unpaired) electrons. The lowest BCUT2D eigenvalue weighted by Crippen LogP contribution is -2.19. The molecule has 2 nitrogen and oxygen atoms in total. The summed E-state index contributed by atoms with van der Waals surface area (Å²) in [4.78, 5) is 0. The fraction of sp³-hybridized carbons (Fsp3) is 1.00. The van der Waals surface area contributed by atoms with Crippen molar-refractivity contribution in [3.8, 4) is 0 Å². The molecule has 0 aliphatic heterocycles. The standard InChI is InChI=1S/C9H18F3NOS/c1-2-5-13-6-3-7-15(14)8-4-9(10,11)12/h13H,2-8H2,1H3. The summed E-state index contributed by atoms with van der Waals surface area (Å²) in [6.07, 6.45) is -3.43. The lowest BCUT2D eigenvalue weighted by atomic mass is 10.4. The maximum atomic E-state index is 11.8. The van der Waals surface area contributed by atoms with Gasteiger partial charge in [0.2, 0.25) is 0 Å². The topological polar surface area (TPSA) is 29.1 Å². The molecule has 15 heavy (non-hydrogen) atoms. The van der Waals surface area contributed by atoms with Crippen LogP contribution in [-0.4, -0.2) is 35.0 Å². The quantitative estimate of drug-likeness (QED) is 0.663. The molecule has 0 saturated heterocycles. The highest BCUT2D eigenvalue weighted by Gasteiger charge is 2.27. The molecule has 6 heteroatoms. The molecular weight excluding hydrogens is 227 g/mol. The fourth-order valence-electron chi connectivity index (χ4n) is 0.992. The Hall–Kier alpha value is -0.100. The van der Waals surface area contributed by atoms with Crippen LogP contribution in [0.4, 0.5) is 13.2 Å². The fourth-order valence-corrected chi connectivity index (χ4v) is 2.12. The first-order valence-corrected chi connectivity index (χ1v) is 6.57. The smallest absolute Gasteiger partial charge is 0.317 e. The van der Waals surface area contributed by atoms with Crippen molar-refractivity contribution in [1.82, 2.24) is 5.32 Å². The summed E-state index contributed by atoms with van der Waals surface area (Å²) in [5.74, 6) is 0.0874. The number of hydrogen-bond acceptors (Lipinski definition) is 2. The Balaban J connectivity index is 3.34. The van der Waals surface area contributed by atoms with Gasteiger partial charge in [0.1, 0.15) is 0 Å². The highest BCUT2D eigenvalue weighted by molar-refractivity contribution is 7.84. The zero-order valence-electron chi connectivity index (χ0n) is 8.90. The Morgan fingerprint density at radius 2 is 1.87 bits per heavy atom. The van der Waals surface area contributed by atoms with Gasteiger partial charge in [0.25, 0.3) is 0 Å². The number of nitrogens with one attached hydrogen (secondary N) is 1. The van der Waals surface area contributed by atoms with E-state index in [1.807, 2.05) is 6.92 Å². The van der Waals surface area contributed by atoms with Gasteiger partial charge in [-0.2, -0.15) is 13.2 Å². The highest BCUT2D eigenvalue weighted by Crippen LogP contribution is 2.19. The van der Waals surface area contributed by atoms with Gasteiger partial charge in [-0.25, -0.2) is 0 Å². The van der Waals surface area contributed by atoms with Gasteiger partial charge in [0, 0.05) is 22.3 Å². The van der Waals surface area contributed by atoms with Crippen LogP contribution >= 0.6 is 0 Å². The normalized spacial score (nSPS) is 14.1. The molecule has 1 N–H and O–H groups in total. The Bertz CT molecular complexity index is 185. The molecule has 0 saturated carbocycles. The molecule has 0 aromatic heterocycles. The summed E-state index contributed by atoms with van der Waals surface area (Å²) in [7, 11) is -1.33. The van der Waals surface area contributed by atoms with Gasteiger partial charge < -0.3 is 5.32 Å². The summed E-state index contributed by atoms with van der Waals surface area (Å²) in [5.41, 5.74) is 0. The van der Waals surface area contributed by atoms with Crippen molar-refractivity contribution >= 4 is 10.8 Å². The molecule has 0 amide bonds. The third kappa shape index (κ3) is 11.8. The summed E-state index contributed by atoms with van der Waals surface area (Å²) >= 11 is 0. The minimum absolute atomic E-state index is 0.267. The summed E-state index contributed by atoms with van der Waals surface area (Å²) in [6.45, 7) is 3.66. The lowest BCUT2D eigenvalue weighted by molar-refractivity contribution is -0.129. The molecule has 0 fully saturated rings. The van der Waals surface area contributed by atoms with E-state index < -0.39 is 23.4 Å². The van der Waals surface area contributed by atoms with Gasteiger partial charge in [-0.15, -0.1) is 0 Å². The van der Waals surface area contributed by atoms with Crippen LogP contribution in [0.2, 0.25) is 0 Å². The SMILES string of the molecule is CCCNCCCS(=O)CCC(F)(F)F. The first-order chi connectivity index (χ1) is 6.95. The molecule has 0 bridgehead atoms. The maximum absolute atomic E-state index is 11.8. The summed E-state index contributed by atoms with van der Waals surface area (Å²) in [5, 5.41) is 3.11. The van der Waals surface area contributed by atoms with E-state index in [4.69, 9.17) is 0 Å². The number of rotatable bonds is 8. The molecule has 92 valence electrons. The molecule has 0 aromatic rings. The van der Waals surface area contributed by atoms with Crippen molar-refractivity contribution in [2.24, 2.45) is 0 Å². The molecule has 0 aliphatic carbocycles. The van der Waals surface area contributed by atoms with Crippen LogP contribution in [0.15, 0.2) is 0 Å². The Labute approximate surface area is 91.1 Å². The molecule has 0 aromatic carbocycles.